The molecule has 3 unspecified atom stereocenters. The Morgan fingerprint density at radius 2 is 2.12 bits per heavy atom. The molecule has 0 saturated heterocycles. The van der Waals surface area contributed by atoms with E-state index in [1.165, 1.54) is 13.2 Å². The minimum atomic E-state index is -4.39. The molecule has 0 spiro atoms. The lowest BCUT2D eigenvalue weighted by Gasteiger charge is -2.45. The summed E-state index contributed by atoms with van der Waals surface area (Å²) in [6.07, 6.45) is -0.754. The van der Waals surface area contributed by atoms with E-state index in [4.69, 9.17) is 4.74 Å². The van der Waals surface area contributed by atoms with E-state index in [-0.39, 0.29) is 31.3 Å². The van der Waals surface area contributed by atoms with Crippen LogP contribution in [0.3, 0.4) is 0 Å². The predicted octanol–water partition coefficient (Wildman–Crippen LogP) is 3.24. The molecule has 3 atom stereocenters. The van der Waals surface area contributed by atoms with Gasteiger partial charge in [0.05, 0.1) is 5.41 Å². The van der Waals surface area contributed by atoms with Crippen LogP contribution in [0.1, 0.15) is 32.6 Å². The number of carbonyl (C=O) groups is 1. The second-order valence-electron chi connectivity index (χ2n) is 7.21. The number of allylic oxidation sites excluding steroid dienone is 2. The molecule has 0 fully saturated rings. The maximum absolute atomic E-state index is 14.0. The third-order valence-electron chi connectivity index (χ3n) is 5.01. The van der Waals surface area contributed by atoms with Gasteiger partial charge in [0.25, 0.3) is 0 Å². The number of rotatable bonds is 9. The molecule has 1 aliphatic rings. The van der Waals surface area contributed by atoms with Crippen LogP contribution in [0.15, 0.2) is 12.2 Å². The summed E-state index contributed by atoms with van der Waals surface area (Å²) in [6.45, 7) is 3.17. The fourth-order valence-corrected chi connectivity index (χ4v) is 3.66. The van der Waals surface area contributed by atoms with Crippen LogP contribution in [0.4, 0.5) is 13.2 Å². The number of nitrogens with one attached hydrogen (secondary N) is 1. The van der Waals surface area contributed by atoms with Crippen LogP contribution in [-0.2, 0) is 9.53 Å². The molecule has 0 aromatic heterocycles. The van der Waals surface area contributed by atoms with Gasteiger partial charge in [0, 0.05) is 33.2 Å². The van der Waals surface area contributed by atoms with E-state index >= 15 is 0 Å². The molecule has 1 rings (SSSR count). The lowest BCUT2D eigenvalue weighted by molar-refractivity contribution is -0.235. The Kier molecular flexibility index (Phi) is 8.41. The van der Waals surface area contributed by atoms with Gasteiger partial charge < -0.3 is 15.0 Å². The summed E-state index contributed by atoms with van der Waals surface area (Å²) in [7, 11) is 5.25. The smallest absolute Gasteiger partial charge is 0.384 e. The van der Waals surface area contributed by atoms with Crippen molar-refractivity contribution < 1.29 is 22.7 Å². The van der Waals surface area contributed by atoms with E-state index in [0.717, 1.165) is 0 Å². The average molecular weight is 364 g/mol. The zero-order chi connectivity index (χ0) is 19.1. The van der Waals surface area contributed by atoms with Gasteiger partial charge in [0.1, 0.15) is 0 Å². The zero-order valence-electron chi connectivity index (χ0n) is 15.7. The summed E-state index contributed by atoms with van der Waals surface area (Å²) in [4.78, 5) is 13.9. The molecule has 1 amide bonds. The van der Waals surface area contributed by atoms with Crippen LogP contribution in [-0.4, -0.2) is 57.9 Å². The van der Waals surface area contributed by atoms with Crippen molar-refractivity contribution >= 4 is 5.91 Å². The molecule has 0 aromatic carbocycles. The minimum absolute atomic E-state index is 0.131. The highest BCUT2D eigenvalue weighted by Crippen LogP contribution is 2.54. The molecule has 0 radical (unpaired) electrons. The van der Waals surface area contributed by atoms with Crippen molar-refractivity contribution in [3.63, 3.8) is 0 Å². The van der Waals surface area contributed by atoms with E-state index in [0.29, 0.717) is 25.9 Å². The van der Waals surface area contributed by atoms with E-state index in [1.807, 2.05) is 19.0 Å². The summed E-state index contributed by atoms with van der Waals surface area (Å²) >= 11 is 0. The number of nitrogens with zero attached hydrogens (tertiary/aromatic N) is 1. The summed E-state index contributed by atoms with van der Waals surface area (Å²) in [5.74, 6) is -1.14. The molecule has 0 bridgehead atoms. The maximum atomic E-state index is 14.0. The first-order chi connectivity index (χ1) is 11.6. The first-order valence-corrected chi connectivity index (χ1v) is 8.79. The highest BCUT2D eigenvalue weighted by atomic mass is 19.4. The van der Waals surface area contributed by atoms with Crippen LogP contribution >= 0.6 is 0 Å². The number of amides is 1. The van der Waals surface area contributed by atoms with Crippen molar-refractivity contribution in [1.29, 1.82) is 0 Å². The molecule has 1 aliphatic carbocycles. The molecule has 7 heteroatoms. The molecule has 25 heavy (non-hydrogen) atoms. The minimum Gasteiger partial charge on any atom is -0.384 e. The van der Waals surface area contributed by atoms with Crippen molar-refractivity contribution in [3.05, 3.63) is 12.2 Å². The largest absolute Gasteiger partial charge is 0.398 e. The molecule has 0 saturated carbocycles. The van der Waals surface area contributed by atoms with E-state index in [1.54, 1.807) is 13.0 Å². The Hall–Kier alpha value is -1.08. The van der Waals surface area contributed by atoms with Crippen LogP contribution in [0, 0.1) is 17.3 Å². The summed E-state index contributed by atoms with van der Waals surface area (Å²) in [5, 5.41) is 2.69. The quantitative estimate of drug-likeness (QED) is 0.639. The number of carbonyl (C=O) groups excluding carboxylic acids is 1. The van der Waals surface area contributed by atoms with Crippen molar-refractivity contribution in [2.24, 2.45) is 17.3 Å². The SMILES string of the molecule is COCC(C)C1CCC=CC1(CCC(=O)NCCN(C)C)C(F)(F)F. The van der Waals surface area contributed by atoms with Crippen LogP contribution in [0.2, 0.25) is 0 Å². The Morgan fingerprint density at radius 3 is 2.68 bits per heavy atom. The van der Waals surface area contributed by atoms with Gasteiger partial charge in [0.2, 0.25) is 5.91 Å². The maximum Gasteiger partial charge on any atom is 0.398 e. The lowest BCUT2D eigenvalue weighted by atomic mass is 9.62. The summed E-state index contributed by atoms with van der Waals surface area (Å²) in [5.41, 5.74) is -1.96. The Morgan fingerprint density at radius 1 is 1.44 bits per heavy atom. The monoisotopic (exact) mass is 364 g/mol. The summed E-state index contributed by atoms with van der Waals surface area (Å²) < 4.78 is 47.2. The first-order valence-electron chi connectivity index (χ1n) is 8.79. The van der Waals surface area contributed by atoms with E-state index in [9.17, 15) is 18.0 Å². The van der Waals surface area contributed by atoms with Crippen LogP contribution in [0.25, 0.3) is 0 Å². The molecular weight excluding hydrogens is 333 g/mol. The van der Waals surface area contributed by atoms with Gasteiger partial charge in [-0.05, 0) is 45.2 Å². The molecule has 0 heterocycles. The zero-order valence-corrected chi connectivity index (χ0v) is 15.7. The van der Waals surface area contributed by atoms with Crippen molar-refractivity contribution in [2.75, 3.05) is 40.9 Å². The fourth-order valence-electron chi connectivity index (χ4n) is 3.66. The summed E-state index contributed by atoms with van der Waals surface area (Å²) in [6, 6.07) is 0. The van der Waals surface area contributed by atoms with Crippen molar-refractivity contribution in [3.8, 4) is 0 Å². The Balaban J connectivity index is 2.85. The number of ether oxygens (including phenoxy) is 1. The van der Waals surface area contributed by atoms with Crippen molar-refractivity contribution in [2.45, 2.75) is 38.8 Å². The van der Waals surface area contributed by atoms with Crippen LogP contribution in [0.5, 0.6) is 0 Å². The third kappa shape index (κ3) is 5.99. The Labute approximate surface area is 148 Å². The highest BCUT2D eigenvalue weighted by Gasteiger charge is 2.58. The van der Waals surface area contributed by atoms with Crippen molar-refractivity contribution in [1.82, 2.24) is 10.2 Å². The number of halogens is 3. The number of likely N-dealkylation sites (N-methyl/N-ethyl adjacent to an activating group) is 1. The topological polar surface area (TPSA) is 41.6 Å². The van der Waals surface area contributed by atoms with Gasteiger partial charge in [-0.2, -0.15) is 13.2 Å². The standard InChI is InChI=1S/C18H31F3N2O2/c1-14(13-25-4)15-7-5-6-9-17(15,18(19,20)21)10-8-16(24)22-11-12-23(2)3/h6,9,14-15H,5,7-8,10-13H2,1-4H3,(H,22,24). The first kappa shape index (κ1) is 22.0. The molecule has 0 aliphatic heterocycles. The highest BCUT2D eigenvalue weighted by molar-refractivity contribution is 5.75. The van der Waals surface area contributed by atoms with Gasteiger partial charge in [-0.1, -0.05) is 19.1 Å². The van der Waals surface area contributed by atoms with Gasteiger partial charge in [-0.3, -0.25) is 4.79 Å². The molecule has 146 valence electrons. The fraction of sp³-hybridized carbons (Fsp3) is 0.833. The number of hydrogen-bond donors (Lipinski definition) is 1. The van der Waals surface area contributed by atoms with Gasteiger partial charge in [0.15, 0.2) is 0 Å². The second-order valence-corrected chi connectivity index (χ2v) is 7.21. The molecule has 4 nitrogen and oxygen atoms in total. The average Bonchev–Trinajstić information content (AvgIpc) is 2.52. The van der Waals surface area contributed by atoms with Gasteiger partial charge in [-0.15, -0.1) is 0 Å². The van der Waals surface area contributed by atoms with Crippen LogP contribution < -0.4 is 5.32 Å². The lowest BCUT2D eigenvalue weighted by Crippen LogP contribution is -2.48. The van der Waals surface area contributed by atoms with Gasteiger partial charge >= 0.3 is 6.18 Å². The second kappa shape index (κ2) is 9.57. The Bertz CT molecular complexity index is 452. The normalized spacial score (nSPS) is 25.2. The molecule has 1 N–H and O–H groups in total. The number of alkyl halides is 3. The third-order valence-corrected chi connectivity index (χ3v) is 5.01. The van der Waals surface area contributed by atoms with Gasteiger partial charge in [-0.25, -0.2) is 0 Å². The molecule has 0 aromatic rings. The molecular formula is C18H31F3N2O2. The predicted molar refractivity (Wildman–Crippen MR) is 92.2 cm³/mol. The number of methoxy groups -OCH3 is 1. The number of hydrogen-bond acceptors (Lipinski definition) is 3. The van der Waals surface area contributed by atoms with E-state index < -0.39 is 17.5 Å². The van der Waals surface area contributed by atoms with E-state index in [2.05, 4.69) is 5.32 Å².